The Balaban J connectivity index is 1.95. The molecule has 5 heteroatoms. The van der Waals surface area contributed by atoms with E-state index in [1.165, 1.54) is 13.5 Å². The fraction of sp³-hybridized carbons (Fsp3) is 0.600. The van der Waals surface area contributed by atoms with Crippen molar-refractivity contribution in [1.29, 1.82) is 0 Å². The third kappa shape index (κ3) is 3.55. The van der Waals surface area contributed by atoms with Crippen LogP contribution in [0.5, 0.6) is 0 Å². The lowest BCUT2D eigenvalue weighted by molar-refractivity contribution is 0.0600. The molecule has 1 aliphatic rings. The van der Waals surface area contributed by atoms with Gasteiger partial charge in [0.1, 0.15) is 0 Å². The van der Waals surface area contributed by atoms with Gasteiger partial charge in [0.05, 0.1) is 18.4 Å². The van der Waals surface area contributed by atoms with Crippen molar-refractivity contribution in [1.82, 2.24) is 14.8 Å². The Kier molecular flexibility index (Phi) is 5.09. The predicted molar refractivity (Wildman–Crippen MR) is 77.6 cm³/mol. The number of esters is 1. The van der Waals surface area contributed by atoms with Gasteiger partial charge in [0, 0.05) is 38.4 Å². The average Bonchev–Trinajstić information content (AvgIpc) is 2.49. The number of likely N-dealkylation sites (N-methyl/N-ethyl adjacent to an activating group) is 1. The van der Waals surface area contributed by atoms with Crippen LogP contribution in [0, 0.1) is 0 Å². The smallest absolute Gasteiger partial charge is 0.339 e. The first-order valence-electron chi connectivity index (χ1n) is 7.10. The maximum absolute atomic E-state index is 11.4. The molecule has 0 spiro atoms. The molecular weight excluding hydrogens is 254 g/mol. The lowest BCUT2D eigenvalue weighted by Crippen LogP contribution is -2.50. The number of hydrogen-bond acceptors (Lipinski definition) is 5. The van der Waals surface area contributed by atoms with E-state index in [1.54, 1.807) is 12.3 Å². The van der Waals surface area contributed by atoms with E-state index in [9.17, 15) is 4.79 Å². The van der Waals surface area contributed by atoms with Crippen LogP contribution in [0.1, 0.15) is 29.4 Å². The number of rotatable bonds is 4. The summed E-state index contributed by atoms with van der Waals surface area (Å²) in [6, 6.07) is 4.31. The van der Waals surface area contributed by atoms with E-state index in [0.29, 0.717) is 11.6 Å². The maximum atomic E-state index is 11.4. The van der Waals surface area contributed by atoms with Crippen molar-refractivity contribution in [3.8, 4) is 0 Å². The first-order chi connectivity index (χ1) is 9.63. The van der Waals surface area contributed by atoms with E-state index < -0.39 is 0 Å². The van der Waals surface area contributed by atoms with Crippen molar-refractivity contribution in [2.45, 2.75) is 25.9 Å². The number of aromatic nitrogens is 1. The predicted octanol–water partition coefficient (Wildman–Crippen LogP) is 1.39. The van der Waals surface area contributed by atoms with Crippen molar-refractivity contribution in [2.24, 2.45) is 0 Å². The second-order valence-corrected chi connectivity index (χ2v) is 5.31. The molecule has 1 aromatic rings. The molecule has 2 rings (SSSR count). The van der Waals surface area contributed by atoms with Gasteiger partial charge < -0.3 is 9.64 Å². The molecule has 0 amide bonds. The molecular formula is C15H23N3O2. The summed E-state index contributed by atoms with van der Waals surface area (Å²) in [6.45, 7) is 6.31. The van der Waals surface area contributed by atoms with Gasteiger partial charge in [-0.25, -0.2) is 4.79 Å². The van der Waals surface area contributed by atoms with E-state index in [4.69, 9.17) is 0 Å². The second kappa shape index (κ2) is 6.81. The number of ether oxygens (including phenoxy) is 1. The third-order valence-corrected chi connectivity index (χ3v) is 3.96. The van der Waals surface area contributed by atoms with Crippen LogP contribution in [0.3, 0.4) is 0 Å². The molecule has 0 aliphatic carbocycles. The van der Waals surface area contributed by atoms with E-state index >= 15 is 0 Å². The zero-order valence-corrected chi connectivity index (χ0v) is 12.5. The molecule has 1 aromatic heterocycles. The minimum atomic E-state index is -0.338. The third-order valence-electron chi connectivity index (χ3n) is 3.96. The molecule has 0 radical (unpaired) electrons. The highest BCUT2D eigenvalue weighted by Crippen LogP contribution is 2.13. The first-order valence-corrected chi connectivity index (χ1v) is 7.10. The highest BCUT2D eigenvalue weighted by molar-refractivity contribution is 5.88. The van der Waals surface area contributed by atoms with Crippen LogP contribution in [0.15, 0.2) is 18.3 Å². The van der Waals surface area contributed by atoms with Crippen molar-refractivity contribution >= 4 is 5.97 Å². The van der Waals surface area contributed by atoms with Crippen LogP contribution >= 0.6 is 0 Å². The normalized spacial score (nSPS) is 20.9. The molecule has 1 saturated heterocycles. The summed E-state index contributed by atoms with van der Waals surface area (Å²) in [5.74, 6) is -0.338. The Labute approximate surface area is 120 Å². The van der Waals surface area contributed by atoms with Crippen molar-refractivity contribution in [2.75, 3.05) is 33.8 Å². The van der Waals surface area contributed by atoms with Crippen molar-refractivity contribution in [3.05, 3.63) is 29.6 Å². The van der Waals surface area contributed by atoms with Gasteiger partial charge >= 0.3 is 5.97 Å². The molecule has 2 heterocycles. The Morgan fingerprint density at radius 3 is 2.85 bits per heavy atom. The summed E-state index contributed by atoms with van der Waals surface area (Å²) < 4.78 is 4.67. The maximum Gasteiger partial charge on any atom is 0.339 e. The zero-order chi connectivity index (χ0) is 14.5. The quantitative estimate of drug-likeness (QED) is 0.778. The summed E-state index contributed by atoms with van der Waals surface area (Å²) in [7, 11) is 3.57. The van der Waals surface area contributed by atoms with E-state index in [2.05, 4.69) is 33.5 Å². The summed E-state index contributed by atoms with van der Waals surface area (Å²) in [6.07, 6.45) is 2.76. The average molecular weight is 277 g/mol. The Bertz CT molecular complexity index is 447. The minimum Gasteiger partial charge on any atom is -0.465 e. The summed E-state index contributed by atoms with van der Waals surface area (Å²) in [5, 5.41) is 0. The number of nitrogens with zero attached hydrogens (tertiary/aromatic N) is 3. The SMILES string of the molecule is CCC1CN(Cc2ccc(C(=O)OC)cn2)CCN1C. The molecule has 5 nitrogen and oxygen atoms in total. The number of methoxy groups -OCH3 is 1. The fourth-order valence-corrected chi connectivity index (χ4v) is 2.58. The van der Waals surface area contributed by atoms with Crippen LogP contribution in [0.2, 0.25) is 0 Å². The number of carbonyl (C=O) groups is 1. The van der Waals surface area contributed by atoms with Gasteiger partial charge in [-0.3, -0.25) is 9.88 Å². The van der Waals surface area contributed by atoms with Crippen LogP contribution in [-0.4, -0.2) is 60.6 Å². The molecule has 0 N–H and O–H groups in total. The molecule has 0 aromatic carbocycles. The summed E-state index contributed by atoms with van der Waals surface area (Å²) in [4.78, 5) is 20.6. The van der Waals surface area contributed by atoms with E-state index in [1.807, 2.05) is 6.07 Å². The highest BCUT2D eigenvalue weighted by atomic mass is 16.5. The fourth-order valence-electron chi connectivity index (χ4n) is 2.58. The number of carbonyl (C=O) groups excluding carboxylic acids is 1. The van der Waals surface area contributed by atoms with Gasteiger partial charge in [-0.2, -0.15) is 0 Å². The Morgan fingerprint density at radius 1 is 1.45 bits per heavy atom. The topological polar surface area (TPSA) is 45.7 Å². The standard InChI is InChI=1S/C15H23N3O2/c1-4-14-11-18(8-7-17(14)2)10-13-6-5-12(9-16-13)15(19)20-3/h5-6,9,14H,4,7-8,10-11H2,1-3H3. The van der Waals surface area contributed by atoms with Crippen molar-refractivity contribution < 1.29 is 9.53 Å². The van der Waals surface area contributed by atoms with Crippen LogP contribution < -0.4 is 0 Å². The molecule has 110 valence electrons. The lowest BCUT2D eigenvalue weighted by atomic mass is 10.1. The first kappa shape index (κ1) is 14.9. The number of pyridine rings is 1. The second-order valence-electron chi connectivity index (χ2n) is 5.31. The molecule has 1 unspecified atom stereocenters. The van der Waals surface area contributed by atoms with Gasteiger partial charge in [-0.05, 0) is 25.6 Å². The molecule has 1 aliphatic heterocycles. The largest absolute Gasteiger partial charge is 0.465 e. The van der Waals surface area contributed by atoms with E-state index in [-0.39, 0.29) is 5.97 Å². The van der Waals surface area contributed by atoms with Crippen LogP contribution in [0.4, 0.5) is 0 Å². The number of hydrogen-bond donors (Lipinski definition) is 0. The summed E-state index contributed by atoms with van der Waals surface area (Å²) >= 11 is 0. The van der Waals surface area contributed by atoms with Gasteiger partial charge in [-0.15, -0.1) is 0 Å². The molecule has 20 heavy (non-hydrogen) atoms. The molecule has 1 fully saturated rings. The highest BCUT2D eigenvalue weighted by Gasteiger charge is 2.22. The Hall–Kier alpha value is -1.46. The van der Waals surface area contributed by atoms with E-state index in [0.717, 1.165) is 31.9 Å². The van der Waals surface area contributed by atoms with Crippen LogP contribution in [-0.2, 0) is 11.3 Å². The van der Waals surface area contributed by atoms with Crippen LogP contribution in [0.25, 0.3) is 0 Å². The minimum absolute atomic E-state index is 0.338. The Morgan fingerprint density at radius 2 is 2.25 bits per heavy atom. The number of piperazine rings is 1. The van der Waals surface area contributed by atoms with Gasteiger partial charge in [0.15, 0.2) is 0 Å². The summed E-state index contributed by atoms with van der Waals surface area (Å²) in [5.41, 5.74) is 1.50. The lowest BCUT2D eigenvalue weighted by Gasteiger charge is -2.39. The van der Waals surface area contributed by atoms with Gasteiger partial charge in [-0.1, -0.05) is 6.92 Å². The van der Waals surface area contributed by atoms with Gasteiger partial charge in [0.25, 0.3) is 0 Å². The van der Waals surface area contributed by atoms with Crippen molar-refractivity contribution in [3.63, 3.8) is 0 Å². The molecule has 1 atom stereocenters. The van der Waals surface area contributed by atoms with Gasteiger partial charge in [0.2, 0.25) is 0 Å². The molecule has 0 saturated carbocycles. The monoisotopic (exact) mass is 277 g/mol. The zero-order valence-electron chi connectivity index (χ0n) is 12.5. The molecule has 0 bridgehead atoms.